The molecule has 0 aliphatic rings. The first-order valence-corrected chi connectivity index (χ1v) is 4.18. The minimum atomic E-state index is -4.22. The van der Waals surface area contributed by atoms with E-state index in [4.69, 9.17) is 11.5 Å². The first-order chi connectivity index (χ1) is 5.33. The summed E-state index contributed by atoms with van der Waals surface area (Å²) in [7, 11) is 0. The van der Waals surface area contributed by atoms with Gasteiger partial charge in [0.25, 0.3) is 0 Å². The van der Waals surface area contributed by atoms with Crippen LogP contribution >= 0.6 is 11.8 Å². The standard InChI is InChI=1S/C5H9F3N2OS/c6-5(7,8)2-12-1-3(9)4(10)11/h3H,1-2,9H2,(H2,10,11)/t3-/m0/s1. The van der Waals surface area contributed by atoms with Crippen molar-refractivity contribution in [2.75, 3.05) is 11.5 Å². The van der Waals surface area contributed by atoms with Gasteiger partial charge >= 0.3 is 6.18 Å². The van der Waals surface area contributed by atoms with Crippen LogP contribution in [0.3, 0.4) is 0 Å². The van der Waals surface area contributed by atoms with Crippen LogP contribution in [-0.2, 0) is 4.79 Å². The van der Waals surface area contributed by atoms with Gasteiger partial charge in [-0.15, -0.1) is 0 Å². The van der Waals surface area contributed by atoms with E-state index >= 15 is 0 Å². The van der Waals surface area contributed by atoms with Gasteiger partial charge in [-0.25, -0.2) is 0 Å². The van der Waals surface area contributed by atoms with E-state index in [1.54, 1.807) is 0 Å². The summed E-state index contributed by atoms with van der Waals surface area (Å²) in [5.41, 5.74) is 9.81. The molecule has 1 amide bonds. The molecule has 0 saturated heterocycles. The average molecular weight is 202 g/mol. The Morgan fingerprint density at radius 3 is 2.33 bits per heavy atom. The third kappa shape index (κ3) is 6.29. The molecule has 72 valence electrons. The molecule has 0 spiro atoms. The Balaban J connectivity index is 3.51. The van der Waals surface area contributed by atoms with Gasteiger partial charge in [0.15, 0.2) is 0 Å². The molecular weight excluding hydrogens is 193 g/mol. The lowest BCUT2D eigenvalue weighted by atomic mass is 10.3. The van der Waals surface area contributed by atoms with Gasteiger partial charge in [-0.05, 0) is 0 Å². The van der Waals surface area contributed by atoms with E-state index < -0.39 is 23.9 Å². The van der Waals surface area contributed by atoms with Gasteiger partial charge in [-0.1, -0.05) is 0 Å². The summed E-state index contributed by atoms with van der Waals surface area (Å²) in [6.07, 6.45) is -4.22. The van der Waals surface area contributed by atoms with E-state index in [2.05, 4.69) is 0 Å². The number of hydrogen-bond acceptors (Lipinski definition) is 3. The minimum absolute atomic E-state index is 0.102. The summed E-state index contributed by atoms with van der Waals surface area (Å²) in [5.74, 6) is -1.90. The Morgan fingerprint density at radius 1 is 1.50 bits per heavy atom. The maximum Gasteiger partial charge on any atom is 0.397 e. The molecular formula is C5H9F3N2OS. The van der Waals surface area contributed by atoms with Crippen molar-refractivity contribution < 1.29 is 18.0 Å². The van der Waals surface area contributed by atoms with Crippen LogP contribution in [0.25, 0.3) is 0 Å². The Hall–Kier alpha value is -0.430. The fourth-order valence-electron chi connectivity index (χ4n) is 0.384. The number of alkyl halides is 3. The second kappa shape index (κ2) is 4.56. The van der Waals surface area contributed by atoms with Crippen LogP contribution < -0.4 is 11.5 Å². The Bertz CT molecular complexity index is 161. The van der Waals surface area contributed by atoms with E-state index in [1.165, 1.54) is 0 Å². The van der Waals surface area contributed by atoms with Gasteiger partial charge in [0.2, 0.25) is 5.91 Å². The number of hydrogen-bond donors (Lipinski definition) is 2. The number of carbonyl (C=O) groups is 1. The molecule has 0 bridgehead atoms. The van der Waals surface area contributed by atoms with Crippen molar-refractivity contribution in [1.29, 1.82) is 0 Å². The lowest BCUT2D eigenvalue weighted by Crippen LogP contribution is -2.38. The molecule has 4 N–H and O–H groups in total. The summed E-state index contributed by atoms with van der Waals surface area (Å²) in [4.78, 5) is 10.3. The molecule has 0 aromatic carbocycles. The zero-order valence-electron chi connectivity index (χ0n) is 6.10. The van der Waals surface area contributed by atoms with Gasteiger partial charge in [0, 0.05) is 5.75 Å². The Labute approximate surface area is 71.7 Å². The predicted octanol–water partition coefficient (Wildman–Crippen LogP) is 0.0945. The summed E-state index contributed by atoms with van der Waals surface area (Å²) >= 11 is 0.546. The minimum Gasteiger partial charge on any atom is -0.368 e. The van der Waals surface area contributed by atoms with Crippen molar-refractivity contribution in [2.45, 2.75) is 12.2 Å². The van der Waals surface area contributed by atoms with Crippen molar-refractivity contribution in [3.05, 3.63) is 0 Å². The molecule has 1 atom stereocenters. The molecule has 7 heteroatoms. The highest BCUT2D eigenvalue weighted by atomic mass is 32.2. The topological polar surface area (TPSA) is 69.1 Å². The maximum atomic E-state index is 11.5. The fraction of sp³-hybridized carbons (Fsp3) is 0.800. The van der Waals surface area contributed by atoms with Gasteiger partial charge in [0.1, 0.15) is 0 Å². The van der Waals surface area contributed by atoms with E-state index in [9.17, 15) is 18.0 Å². The van der Waals surface area contributed by atoms with Gasteiger partial charge < -0.3 is 11.5 Å². The highest BCUT2D eigenvalue weighted by molar-refractivity contribution is 7.99. The highest BCUT2D eigenvalue weighted by Crippen LogP contribution is 2.20. The predicted molar refractivity (Wildman–Crippen MR) is 40.5 cm³/mol. The van der Waals surface area contributed by atoms with Crippen molar-refractivity contribution in [1.82, 2.24) is 0 Å². The summed E-state index contributed by atoms with van der Waals surface area (Å²) in [5, 5.41) is 0. The molecule has 0 aliphatic heterocycles. The van der Waals surface area contributed by atoms with Gasteiger partial charge in [-0.2, -0.15) is 24.9 Å². The maximum absolute atomic E-state index is 11.5. The second-order valence-electron chi connectivity index (χ2n) is 2.14. The quantitative estimate of drug-likeness (QED) is 0.679. The van der Waals surface area contributed by atoms with Crippen LogP contribution in [0.15, 0.2) is 0 Å². The van der Waals surface area contributed by atoms with Crippen LogP contribution in [0, 0.1) is 0 Å². The smallest absolute Gasteiger partial charge is 0.368 e. The first kappa shape index (κ1) is 11.6. The molecule has 0 aromatic rings. The first-order valence-electron chi connectivity index (χ1n) is 3.02. The number of halogens is 3. The Kier molecular flexibility index (Phi) is 4.40. The lowest BCUT2D eigenvalue weighted by Gasteiger charge is -2.08. The number of carbonyl (C=O) groups excluding carboxylic acids is 1. The summed E-state index contributed by atoms with van der Waals surface area (Å²) < 4.78 is 34.6. The number of primary amides is 1. The molecule has 0 fully saturated rings. The molecule has 0 rings (SSSR count). The molecule has 0 heterocycles. The summed E-state index contributed by atoms with van der Waals surface area (Å²) in [6.45, 7) is 0. The highest BCUT2D eigenvalue weighted by Gasteiger charge is 2.27. The van der Waals surface area contributed by atoms with Crippen LogP contribution in [0.4, 0.5) is 13.2 Å². The Morgan fingerprint density at radius 2 is 2.00 bits per heavy atom. The van der Waals surface area contributed by atoms with E-state index in [0.29, 0.717) is 11.8 Å². The molecule has 12 heavy (non-hydrogen) atoms. The molecule has 0 radical (unpaired) electrons. The second-order valence-corrected chi connectivity index (χ2v) is 3.17. The van der Waals surface area contributed by atoms with Gasteiger partial charge in [0.05, 0.1) is 11.8 Å². The van der Waals surface area contributed by atoms with Crippen LogP contribution in [0.2, 0.25) is 0 Å². The van der Waals surface area contributed by atoms with Crippen LogP contribution in [0.5, 0.6) is 0 Å². The molecule has 3 nitrogen and oxygen atoms in total. The third-order valence-corrected chi connectivity index (χ3v) is 2.05. The largest absolute Gasteiger partial charge is 0.397 e. The van der Waals surface area contributed by atoms with E-state index in [1.807, 2.05) is 0 Å². The van der Waals surface area contributed by atoms with Crippen molar-refractivity contribution in [3.63, 3.8) is 0 Å². The van der Waals surface area contributed by atoms with Gasteiger partial charge in [-0.3, -0.25) is 4.79 Å². The van der Waals surface area contributed by atoms with E-state index in [0.717, 1.165) is 0 Å². The zero-order valence-corrected chi connectivity index (χ0v) is 6.91. The number of amides is 1. The number of nitrogens with two attached hydrogens (primary N) is 2. The fourth-order valence-corrected chi connectivity index (χ4v) is 1.15. The average Bonchev–Trinajstić information content (AvgIpc) is 1.84. The number of thioether (sulfide) groups is 1. The normalized spacial score (nSPS) is 14.3. The third-order valence-electron chi connectivity index (χ3n) is 0.929. The van der Waals surface area contributed by atoms with Crippen LogP contribution in [0.1, 0.15) is 0 Å². The van der Waals surface area contributed by atoms with Crippen LogP contribution in [-0.4, -0.2) is 29.6 Å². The summed E-state index contributed by atoms with van der Waals surface area (Å²) in [6, 6.07) is -1.00. The zero-order chi connectivity index (χ0) is 9.78. The van der Waals surface area contributed by atoms with E-state index in [-0.39, 0.29) is 5.75 Å². The molecule has 0 saturated carbocycles. The molecule has 0 aliphatic carbocycles. The van der Waals surface area contributed by atoms with Crippen molar-refractivity contribution >= 4 is 17.7 Å². The number of rotatable bonds is 4. The molecule has 0 aromatic heterocycles. The van der Waals surface area contributed by atoms with Crippen molar-refractivity contribution in [3.8, 4) is 0 Å². The monoisotopic (exact) mass is 202 g/mol. The molecule has 0 unspecified atom stereocenters. The SMILES string of the molecule is NC(=O)[C@@H](N)CSCC(F)(F)F. The van der Waals surface area contributed by atoms with Crippen molar-refractivity contribution in [2.24, 2.45) is 11.5 Å². The lowest BCUT2D eigenvalue weighted by molar-refractivity contribution is -0.118.